The van der Waals surface area contributed by atoms with Gasteiger partial charge in [-0.1, -0.05) is 12.1 Å². The van der Waals surface area contributed by atoms with Crippen LogP contribution in [0.15, 0.2) is 42.5 Å². The van der Waals surface area contributed by atoms with Crippen LogP contribution in [-0.4, -0.2) is 57.0 Å². The zero-order valence-electron chi connectivity index (χ0n) is 17.6. The molecule has 2 fully saturated rings. The van der Waals surface area contributed by atoms with E-state index < -0.39 is 0 Å². The number of alkyl halides is 1. The summed E-state index contributed by atoms with van der Waals surface area (Å²) in [4.78, 5) is 29.1. The van der Waals surface area contributed by atoms with Gasteiger partial charge in [-0.3, -0.25) is 9.59 Å². The Hall–Kier alpha value is -2.93. The molecule has 0 unspecified atom stereocenters. The Morgan fingerprint density at radius 1 is 1.03 bits per heavy atom. The average Bonchev–Trinajstić information content (AvgIpc) is 3.63. The standard InChI is InChI=1S/C23H27ClN4O3/c1-31-21-5-3-2-4-20(21)28-12-10-27(11-13-28)19-9-8-17(25-22(29)15-24)14-18(19)23(30)26-16-6-7-16/h2-5,8-9,14,16H,6-7,10-13,15H2,1H3,(H,25,29)(H,26,30). The molecule has 31 heavy (non-hydrogen) atoms. The number of carbonyl (C=O) groups excluding carboxylic acids is 2. The van der Waals surface area contributed by atoms with Crippen molar-refractivity contribution >= 4 is 40.5 Å². The first kappa shape index (κ1) is 21.3. The van der Waals surface area contributed by atoms with Crippen molar-refractivity contribution in [3.05, 3.63) is 48.0 Å². The lowest BCUT2D eigenvalue weighted by atomic mass is 10.1. The highest BCUT2D eigenvalue weighted by Crippen LogP contribution is 2.31. The number of halogens is 1. The highest BCUT2D eigenvalue weighted by molar-refractivity contribution is 6.29. The highest BCUT2D eigenvalue weighted by atomic mass is 35.5. The zero-order valence-corrected chi connectivity index (χ0v) is 18.3. The SMILES string of the molecule is COc1ccccc1N1CCN(c2ccc(NC(=O)CCl)cc2C(=O)NC2CC2)CC1. The third-order valence-corrected chi connectivity index (χ3v) is 5.85. The topological polar surface area (TPSA) is 73.9 Å². The summed E-state index contributed by atoms with van der Waals surface area (Å²) in [6.45, 7) is 3.17. The number of hydrogen-bond acceptors (Lipinski definition) is 5. The molecule has 1 heterocycles. The Bertz CT molecular complexity index is 956. The summed E-state index contributed by atoms with van der Waals surface area (Å²) in [7, 11) is 1.68. The summed E-state index contributed by atoms with van der Waals surface area (Å²) >= 11 is 5.61. The van der Waals surface area contributed by atoms with Crippen LogP contribution in [0.4, 0.5) is 17.1 Å². The molecule has 2 N–H and O–H groups in total. The van der Waals surface area contributed by atoms with Gasteiger partial charge in [-0.15, -0.1) is 11.6 Å². The second-order valence-corrected chi connectivity index (χ2v) is 8.07. The van der Waals surface area contributed by atoms with Crippen LogP contribution in [0.3, 0.4) is 0 Å². The van der Waals surface area contributed by atoms with E-state index in [1.807, 2.05) is 30.3 Å². The molecule has 7 nitrogen and oxygen atoms in total. The second-order valence-electron chi connectivity index (χ2n) is 7.81. The molecule has 8 heteroatoms. The van der Waals surface area contributed by atoms with Crippen LogP contribution in [0.2, 0.25) is 0 Å². The minimum Gasteiger partial charge on any atom is -0.495 e. The molecule has 2 aromatic rings. The second kappa shape index (κ2) is 9.47. The molecule has 1 saturated carbocycles. The van der Waals surface area contributed by atoms with Gasteiger partial charge in [0.15, 0.2) is 0 Å². The number of ether oxygens (including phenoxy) is 1. The van der Waals surface area contributed by atoms with E-state index in [0.717, 1.165) is 56.1 Å². The number of amides is 2. The number of nitrogens with zero attached hydrogens (tertiary/aromatic N) is 2. The van der Waals surface area contributed by atoms with Crippen LogP contribution in [0.1, 0.15) is 23.2 Å². The van der Waals surface area contributed by atoms with E-state index in [0.29, 0.717) is 11.3 Å². The van der Waals surface area contributed by atoms with Crippen LogP contribution < -0.4 is 25.2 Å². The number of benzene rings is 2. The van der Waals surface area contributed by atoms with Gasteiger partial charge >= 0.3 is 0 Å². The number of rotatable bonds is 7. The van der Waals surface area contributed by atoms with Crippen LogP contribution in [-0.2, 0) is 4.79 Å². The molecule has 0 aromatic heterocycles. The quantitative estimate of drug-likeness (QED) is 0.644. The third kappa shape index (κ3) is 5.05. The van der Waals surface area contributed by atoms with E-state index in [4.69, 9.17) is 16.3 Å². The molecule has 1 saturated heterocycles. The van der Waals surface area contributed by atoms with Gasteiger partial charge in [0, 0.05) is 43.6 Å². The third-order valence-electron chi connectivity index (χ3n) is 5.61. The number of nitrogens with one attached hydrogen (secondary N) is 2. The maximum Gasteiger partial charge on any atom is 0.253 e. The van der Waals surface area contributed by atoms with E-state index in [2.05, 4.69) is 26.5 Å². The van der Waals surface area contributed by atoms with Crippen molar-refractivity contribution in [2.75, 3.05) is 54.3 Å². The first-order chi connectivity index (χ1) is 15.1. The lowest BCUT2D eigenvalue weighted by Gasteiger charge is -2.38. The van der Waals surface area contributed by atoms with Crippen LogP contribution in [0.5, 0.6) is 5.75 Å². The van der Waals surface area contributed by atoms with Gasteiger partial charge in [-0.05, 0) is 43.2 Å². The zero-order chi connectivity index (χ0) is 21.8. The van der Waals surface area contributed by atoms with Crippen molar-refractivity contribution in [2.45, 2.75) is 18.9 Å². The Morgan fingerprint density at radius 2 is 1.71 bits per heavy atom. The fourth-order valence-corrected chi connectivity index (χ4v) is 3.90. The molecule has 0 spiro atoms. The van der Waals surface area contributed by atoms with Crippen molar-refractivity contribution < 1.29 is 14.3 Å². The number of anilines is 3. The number of carbonyl (C=O) groups is 2. The summed E-state index contributed by atoms with van der Waals surface area (Å²) in [6, 6.07) is 13.7. The van der Waals surface area contributed by atoms with Crippen molar-refractivity contribution in [1.82, 2.24) is 5.32 Å². The van der Waals surface area contributed by atoms with Crippen molar-refractivity contribution in [3.8, 4) is 5.75 Å². The maximum absolute atomic E-state index is 12.9. The van der Waals surface area contributed by atoms with Gasteiger partial charge in [-0.25, -0.2) is 0 Å². The van der Waals surface area contributed by atoms with E-state index in [1.54, 1.807) is 13.2 Å². The highest BCUT2D eigenvalue weighted by Gasteiger charge is 2.27. The van der Waals surface area contributed by atoms with Gasteiger partial charge in [0.25, 0.3) is 5.91 Å². The van der Waals surface area contributed by atoms with Gasteiger partial charge in [0.05, 0.1) is 18.4 Å². The Balaban J connectivity index is 1.52. The molecule has 0 atom stereocenters. The lowest BCUT2D eigenvalue weighted by Crippen LogP contribution is -2.47. The van der Waals surface area contributed by atoms with E-state index in [1.165, 1.54) is 0 Å². The Kier molecular flexibility index (Phi) is 6.51. The Labute approximate surface area is 187 Å². The molecule has 2 aliphatic rings. The smallest absolute Gasteiger partial charge is 0.253 e. The summed E-state index contributed by atoms with van der Waals surface area (Å²) in [6.07, 6.45) is 2.03. The predicted molar refractivity (Wildman–Crippen MR) is 124 cm³/mol. The summed E-state index contributed by atoms with van der Waals surface area (Å²) in [5.41, 5.74) is 3.10. The molecule has 1 aliphatic carbocycles. The van der Waals surface area contributed by atoms with Gasteiger partial charge in [-0.2, -0.15) is 0 Å². The predicted octanol–water partition coefficient (Wildman–Crippen LogP) is 3.09. The monoisotopic (exact) mass is 442 g/mol. The molecular weight excluding hydrogens is 416 g/mol. The normalized spacial score (nSPS) is 16.1. The average molecular weight is 443 g/mol. The molecule has 0 bridgehead atoms. The van der Waals surface area contributed by atoms with E-state index in [9.17, 15) is 9.59 Å². The summed E-state index contributed by atoms with van der Waals surface area (Å²) < 4.78 is 5.51. The molecule has 4 rings (SSSR count). The van der Waals surface area contributed by atoms with Gasteiger partial charge in [0.2, 0.25) is 5.91 Å². The number of piperazine rings is 1. The fourth-order valence-electron chi connectivity index (χ4n) is 3.84. The number of para-hydroxylation sites is 2. The van der Waals surface area contributed by atoms with Crippen LogP contribution in [0.25, 0.3) is 0 Å². The number of methoxy groups -OCH3 is 1. The van der Waals surface area contributed by atoms with Crippen molar-refractivity contribution in [2.24, 2.45) is 0 Å². The molecule has 0 radical (unpaired) electrons. The minimum atomic E-state index is -0.298. The summed E-state index contributed by atoms with van der Waals surface area (Å²) in [5, 5.41) is 5.80. The lowest BCUT2D eigenvalue weighted by molar-refractivity contribution is -0.113. The first-order valence-corrected chi connectivity index (χ1v) is 11.1. The number of hydrogen-bond donors (Lipinski definition) is 2. The minimum absolute atomic E-state index is 0.105. The molecule has 2 aromatic carbocycles. The first-order valence-electron chi connectivity index (χ1n) is 10.5. The largest absolute Gasteiger partial charge is 0.495 e. The van der Waals surface area contributed by atoms with Crippen molar-refractivity contribution in [3.63, 3.8) is 0 Å². The molecule has 1 aliphatic heterocycles. The van der Waals surface area contributed by atoms with Crippen LogP contribution in [0, 0.1) is 0 Å². The van der Waals surface area contributed by atoms with Crippen LogP contribution >= 0.6 is 11.6 Å². The Morgan fingerprint density at radius 3 is 2.35 bits per heavy atom. The van der Waals surface area contributed by atoms with Gasteiger partial charge < -0.3 is 25.2 Å². The van der Waals surface area contributed by atoms with E-state index >= 15 is 0 Å². The fraction of sp³-hybridized carbons (Fsp3) is 0.391. The van der Waals surface area contributed by atoms with Gasteiger partial charge in [0.1, 0.15) is 11.6 Å². The molecule has 164 valence electrons. The molecule has 2 amide bonds. The van der Waals surface area contributed by atoms with E-state index in [-0.39, 0.29) is 23.7 Å². The maximum atomic E-state index is 12.9. The van der Waals surface area contributed by atoms with Crippen molar-refractivity contribution in [1.29, 1.82) is 0 Å². The summed E-state index contributed by atoms with van der Waals surface area (Å²) in [5.74, 6) is 0.329. The molecular formula is C23H27ClN4O3.